The summed E-state index contributed by atoms with van der Waals surface area (Å²) in [5.74, 6) is 0.748. The zero-order valence-electron chi connectivity index (χ0n) is 11.5. The third-order valence-corrected chi connectivity index (χ3v) is 4.29. The number of likely N-dealkylation sites (tertiary alicyclic amines) is 1. The number of aryl methyl sites for hydroxylation is 2. The number of hydrogen-bond acceptors (Lipinski definition) is 2. The van der Waals surface area contributed by atoms with Crippen LogP contribution in [0.3, 0.4) is 0 Å². The normalized spacial score (nSPS) is 22.1. The summed E-state index contributed by atoms with van der Waals surface area (Å²) in [7, 11) is 2.04. The van der Waals surface area contributed by atoms with Gasteiger partial charge in [-0.05, 0) is 31.9 Å². The summed E-state index contributed by atoms with van der Waals surface area (Å²) >= 11 is 6.12. The number of rotatable bonds is 4. The molecule has 0 aromatic carbocycles. The number of aromatic nitrogens is 2. The minimum Gasteiger partial charge on any atom is -0.293 e. The van der Waals surface area contributed by atoms with Crippen LogP contribution in [0.15, 0.2) is 6.07 Å². The van der Waals surface area contributed by atoms with Gasteiger partial charge < -0.3 is 0 Å². The average Bonchev–Trinajstić information content (AvgIpc) is 2.60. The van der Waals surface area contributed by atoms with Crippen molar-refractivity contribution in [2.24, 2.45) is 7.05 Å². The molecule has 0 saturated carbocycles. The van der Waals surface area contributed by atoms with Gasteiger partial charge in [0.1, 0.15) is 0 Å². The Hall–Kier alpha value is -0.540. The minimum absolute atomic E-state index is 0.536. The maximum atomic E-state index is 6.12. The van der Waals surface area contributed by atoms with E-state index >= 15 is 0 Å². The van der Waals surface area contributed by atoms with Gasteiger partial charge in [-0.15, -0.1) is 11.6 Å². The van der Waals surface area contributed by atoms with Gasteiger partial charge in [-0.2, -0.15) is 5.10 Å². The highest BCUT2D eigenvalue weighted by molar-refractivity contribution is 6.18. The van der Waals surface area contributed by atoms with Crippen LogP contribution in [0, 0.1) is 0 Å². The van der Waals surface area contributed by atoms with E-state index < -0.39 is 0 Å². The Labute approximate surface area is 115 Å². The van der Waals surface area contributed by atoms with Crippen LogP contribution < -0.4 is 0 Å². The fraction of sp³-hybridized carbons (Fsp3) is 0.786. The lowest BCUT2D eigenvalue weighted by Crippen LogP contribution is -2.36. The molecule has 1 saturated heterocycles. The predicted molar refractivity (Wildman–Crippen MR) is 76.0 cm³/mol. The van der Waals surface area contributed by atoms with Gasteiger partial charge in [0.2, 0.25) is 0 Å². The Morgan fingerprint density at radius 3 is 2.89 bits per heavy atom. The molecule has 1 aliphatic rings. The summed E-state index contributed by atoms with van der Waals surface area (Å²) in [5, 5.41) is 4.53. The first kappa shape index (κ1) is 13.9. The maximum Gasteiger partial charge on any atom is 0.0625 e. The number of alkyl halides is 1. The molecule has 2 heterocycles. The van der Waals surface area contributed by atoms with Crippen molar-refractivity contribution in [2.75, 3.05) is 12.4 Å². The second-order valence-electron chi connectivity index (χ2n) is 5.23. The number of halogens is 1. The lowest BCUT2D eigenvalue weighted by molar-refractivity contribution is 0.202. The monoisotopic (exact) mass is 269 g/mol. The molecule has 2 rings (SSSR count). The van der Waals surface area contributed by atoms with Crippen LogP contribution in [0.5, 0.6) is 0 Å². The Bertz CT molecular complexity index is 375. The summed E-state index contributed by atoms with van der Waals surface area (Å²) in [6.45, 7) is 4.31. The van der Waals surface area contributed by atoms with Gasteiger partial charge in [0, 0.05) is 25.5 Å². The van der Waals surface area contributed by atoms with Gasteiger partial charge in [0.05, 0.1) is 11.4 Å². The summed E-state index contributed by atoms with van der Waals surface area (Å²) < 4.78 is 2.02. The van der Waals surface area contributed by atoms with Gasteiger partial charge in [-0.1, -0.05) is 19.8 Å². The van der Waals surface area contributed by atoms with E-state index in [2.05, 4.69) is 23.0 Å². The fourth-order valence-electron chi connectivity index (χ4n) is 2.72. The molecule has 0 aliphatic carbocycles. The van der Waals surface area contributed by atoms with Crippen molar-refractivity contribution in [3.05, 3.63) is 17.5 Å². The van der Waals surface area contributed by atoms with Crippen LogP contribution >= 0.6 is 11.6 Å². The smallest absolute Gasteiger partial charge is 0.0625 e. The molecular formula is C14H24ClN3. The summed E-state index contributed by atoms with van der Waals surface area (Å²) in [5.41, 5.74) is 2.49. The van der Waals surface area contributed by atoms with Gasteiger partial charge in [-0.25, -0.2) is 0 Å². The topological polar surface area (TPSA) is 21.1 Å². The van der Waals surface area contributed by atoms with Crippen molar-refractivity contribution >= 4 is 11.6 Å². The van der Waals surface area contributed by atoms with E-state index in [1.54, 1.807) is 0 Å². The van der Waals surface area contributed by atoms with E-state index in [1.165, 1.54) is 43.6 Å². The van der Waals surface area contributed by atoms with Crippen LogP contribution in [0.2, 0.25) is 0 Å². The highest BCUT2D eigenvalue weighted by Gasteiger charge is 2.21. The van der Waals surface area contributed by atoms with E-state index in [9.17, 15) is 0 Å². The molecule has 0 radical (unpaired) electrons. The molecule has 3 nitrogen and oxygen atoms in total. The highest BCUT2D eigenvalue weighted by Crippen LogP contribution is 2.20. The average molecular weight is 270 g/mol. The molecule has 4 heteroatoms. The van der Waals surface area contributed by atoms with Crippen molar-refractivity contribution in [2.45, 2.75) is 51.6 Å². The fourth-order valence-corrected chi connectivity index (χ4v) is 3.07. The van der Waals surface area contributed by atoms with Gasteiger partial charge in [0.25, 0.3) is 0 Å². The number of hydrogen-bond donors (Lipinski definition) is 0. The quantitative estimate of drug-likeness (QED) is 0.784. The standard InChI is InChI=1S/C14H24ClN3/c1-3-12-9-14(17(2)16-12)11-18-8-6-4-5-7-13(18)10-15/h9,13H,3-8,10-11H2,1-2H3. The van der Waals surface area contributed by atoms with Crippen LogP contribution in [-0.4, -0.2) is 33.1 Å². The lowest BCUT2D eigenvalue weighted by Gasteiger charge is -2.28. The van der Waals surface area contributed by atoms with Crippen LogP contribution in [0.4, 0.5) is 0 Å². The second-order valence-corrected chi connectivity index (χ2v) is 5.54. The van der Waals surface area contributed by atoms with Crippen LogP contribution in [0.1, 0.15) is 44.0 Å². The highest BCUT2D eigenvalue weighted by atomic mass is 35.5. The van der Waals surface area contributed by atoms with Gasteiger partial charge >= 0.3 is 0 Å². The molecule has 102 valence electrons. The molecule has 0 amide bonds. The van der Waals surface area contributed by atoms with Crippen LogP contribution in [-0.2, 0) is 20.0 Å². The first-order valence-corrected chi connectivity index (χ1v) is 7.59. The van der Waals surface area contributed by atoms with Crippen molar-refractivity contribution in [1.29, 1.82) is 0 Å². The first-order valence-electron chi connectivity index (χ1n) is 7.06. The van der Waals surface area contributed by atoms with E-state index in [-0.39, 0.29) is 0 Å². The van der Waals surface area contributed by atoms with Gasteiger partial charge in [0.15, 0.2) is 0 Å². The Morgan fingerprint density at radius 1 is 1.39 bits per heavy atom. The SMILES string of the molecule is CCc1cc(CN2CCCCCC2CCl)n(C)n1. The van der Waals surface area contributed by atoms with Crippen molar-refractivity contribution in [3.8, 4) is 0 Å². The van der Waals surface area contributed by atoms with Gasteiger partial charge in [-0.3, -0.25) is 9.58 Å². The predicted octanol–water partition coefficient (Wildman–Crippen LogP) is 2.97. The van der Waals surface area contributed by atoms with Crippen molar-refractivity contribution in [3.63, 3.8) is 0 Å². The zero-order chi connectivity index (χ0) is 13.0. The Balaban J connectivity index is 2.07. The van der Waals surface area contributed by atoms with Crippen molar-refractivity contribution in [1.82, 2.24) is 14.7 Å². The molecule has 0 spiro atoms. The molecule has 1 aliphatic heterocycles. The molecule has 18 heavy (non-hydrogen) atoms. The van der Waals surface area contributed by atoms with Crippen LogP contribution in [0.25, 0.3) is 0 Å². The van der Waals surface area contributed by atoms with E-state index in [4.69, 9.17) is 11.6 Å². The number of nitrogens with zero attached hydrogens (tertiary/aromatic N) is 3. The maximum absolute atomic E-state index is 6.12. The Morgan fingerprint density at radius 2 is 2.22 bits per heavy atom. The third-order valence-electron chi connectivity index (χ3n) is 3.93. The van der Waals surface area contributed by atoms with E-state index in [1.807, 2.05) is 11.7 Å². The summed E-state index contributed by atoms with van der Waals surface area (Å²) in [6.07, 6.45) is 6.20. The molecule has 1 unspecified atom stereocenters. The minimum atomic E-state index is 0.536. The second kappa shape index (κ2) is 6.58. The molecular weight excluding hydrogens is 246 g/mol. The third kappa shape index (κ3) is 3.27. The summed E-state index contributed by atoms with van der Waals surface area (Å²) in [6, 6.07) is 2.77. The molecule has 1 atom stereocenters. The van der Waals surface area contributed by atoms with E-state index in [0.717, 1.165) is 18.8 Å². The zero-order valence-corrected chi connectivity index (χ0v) is 12.3. The Kier molecular flexibility index (Phi) is 5.07. The molecule has 0 bridgehead atoms. The molecule has 1 fully saturated rings. The molecule has 1 aromatic heterocycles. The largest absolute Gasteiger partial charge is 0.293 e. The summed E-state index contributed by atoms with van der Waals surface area (Å²) in [4.78, 5) is 2.54. The first-order chi connectivity index (χ1) is 8.74. The van der Waals surface area contributed by atoms with Crippen molar-refractivity contribution < 1.29 is 0 Å². The molecule has 1 aromatic rings. The lowest BCUT2D eigenvalue weighted by atomic mass is 10.1. The molecule has 0 N–H and O–H groups in total. The van der Waals surface area contributed by atoms with E-state index in [0.29, 0.717) is 6.04 Å².